The van der Waals surface area contributed by atoms with Crippen LogP contribution in [0.1, 0.15) is 33.5 Å². The minimum Gasteiger partial charge on any atom is -0.305 e. The van der Waals surface area contributed by atoms with E-state index in [1.54, 1.807) is 7.11 Å². The van der Waals surface area contributed by atoms with Crippen LogP contribution in [0.25, 0.3) is 0 Å². The zero-order valence-electron chi connectivity index (χ0n) is 6.02. The van der Waals surface area contributed by atoms with E-state index in [4.69, 9.17) is 4.84 Å². The van der Waals surface area contributed by atoms with E-state index in [0.29, 0.717) is 6.04 Å². The van der Waals surface area contributed by atoms with Gasteiger partial charge in [-0.15, -0.1) is 0 Å². The molecule has 0 radical (unpaired) electrons. The van der Waals surface area contributed by atoms with Gasteiger partial charge in [-0.05, 0) is 12.8 Å². The van der Waals surface area contributed by atoms with Gasteiger partial charge in [0.1, 0.15) is 0 Å². The van der Waals surface area contributed by atoms with Crippen molar-refractivity contribution >= 4 is 0 Å². The van der Waals surface area contributed by atoms with Crippen LogP contribution in [0.2, 0.25) is 0 Å². The van der Waals surface area contributed by atoms with E-state index in [1.165, 1.54) is 32.1 Å². The molecule has 0 saturated heterocycles. The Balaban J connectivity index is 0.000000810. The van der Waals surface area contributed by atoms with Crippen LogP contribution in [0.3, 0.4) is 0 Å². The molecule has 0 aromatic heterocycles. The molecule has 56 valence electrons. The first-order chi connectivity index (χ1) is 4.43. The molecular formula is C7H17NO. The third-order valence-electron chi connectivity index (χ3n) is 1.89. The van der Waals surface area contributed by atoms with Crippen molar-refractivity contribution in [3.8, 4) is 0 Å². The van der Waals surface area contributed by atoms with Crippen molar-refractivity contribution in [2.24, 2.45) is 0 Å². The Morgan fingerprint density at radius 1 is 1.33 bits per heavy atom. The van der Waals surface area contributed by atoms with Crippen LogP contribution in [0.5, 0.6) is 0 Å². The molecule has 9 heavy (non-hydrogen) atoms. The minimum atomic E-state index is 0. The average Bonchev–Trinajstić information content (AvgIpc) is 1.91. The lowest BCUT2D eigenvalue weighted by Gasteiger charge is -2.20. The molecule has 0 aliphatic heterocycles. The van der Waals surface area contributed by atoms with Gasteiger partial charge in [-0.2, -0.15) is 5.48 Å². The van der Waals surface area contributed by atoms with Gasteiger partial charge in [0.15, 0.2) is 0 Å². The number of nitrogens with one attached hydrogen (secondary N) is 1. The van der Waals surface area contributed by atoms with Crippen molar-refractivity contribution in [1.29, 1.82) is 0 Å². The Morgan fingerprint density at radius 3 is 2.56 bits per heavy atom. The zero-order chi connectivity index (χ0) is 6.53. The molecule has 1 saturated carbocycles. The summed E-state index contributed by atoms with van der Waals surface area (Å²) in [6.07, 6.45) is 6.70. The first-order valence-electron chi connectivity index (χ1n) is 3.72. The molecule has 0 amide bonds. The Labute approximate surface area is 58.0 Å². The summed E-state index contributed by atoms with van der Waals surface area (Å²) in [6.45, 7) is 0. The highest BCUT2D eigenvalue weighted by Crippen LogP contribution is 2.16. The van der Waals surface area contributed by atoms with Crippen molar-refractivity contribution in [2.75, 3.05) is 7.11 Å². The molecule has 1 N–H and O–H groups in total. The Morgan fingerprint density at radius 2 is 2.00 bits per heavy atom. The number of hydrogen-bond donors (Lipinski definition) is 1. The largest absolute Gasteiger partial charge is 0.305 e. The minimum absolute atomic E-state index is 0. The summed E-state index contributed by atoms with van der Waals surface area (Å²) in [5, 5.41) is 0. The smallest absolute Gasteiger partial charge is 0.0572 e. The van der Waals surface area contributed by atoms with Crippen LogP contribution in [0.4, 0.5) is 0 Å². The second-order valence-electron chi connectivity index (χ2n) is 2.66. The summed E-state index contributed by atoms with van der Waals surface area (Å²) < 4.78 is 0. The van der Waals surface area contributed by atoms with E-state index in [0.717, 1.165) is 0 Å². The van der Waals surface area contributed by atoms with Crippen LogP contribution in [0, 0.1) is 0 Å². The van der Waals surface area contributed by atoms with Crippen LogP contribution in [-0.4, -0.2) is 13.2 Å². The van der Waals surface area contributed by atoms with E-state index in [2.05, 4.69) is 5.48 Å². The monoisotopic (exact) mass is 131 g/mol. The molecular weight excluding hydrogens is 114 g/mol. The molecule has 0 heterocycles. The number of hydrogen-bond acceptors (Lipinski definition) is 2. The lowest BCUT2D eigenvalue weighted by Crippen LogP contribution is -2.29. The predicted molar refractivity (Wildman–Crippen MR) is 39.1 cm³/mol. The maximum Gasteiger partial charge on any atom is 0.0572 e. The van der Waals surface area contributed by atoms with Gasteiger partial charge in [-0.3, -0.25) is 0 Å². The van der Waals surface area contributed by atoms with Crippen LogP contribution in [-0.2, 0) is 4.84 Å². The topological polar surface area (TPSA) is 21.3 Å². The Bertz CT molecular complexity index is 71.3. The van der Waals surface area contributed by atoms with Gasteiger partial charge in [0.25, 0.3) is 0 Å². The van der Waals surface area contributed by atoms with Crippen molar-refractivity contribution in [1.82, 2.24) is 5.48 Å². The first-order valence-corrected chi connectivity index (χ1v) is 3.72. The fraction of sp³-hybridized carbons (Fsp3) is 1.00. The SMILES string of the molecule is CONC1CCCCC1.[HH]. The van der Waals surface area contributed by atoms with Crippen LogP contribution >= 0.6 is 0 Å². The lowest BCUT2D eigenvalue weighted by molar-refractivity contribution is 0.0489. The molecule has 0 spiro atoms. The summed E-state index contributed by atoms with van der Waals surface area (Å²) >= 11 is 0. The van der Waals surface area contributed by atoms with E-state index in [9.17, 15) is 0 Å². The molecule has 1 rings (SSSR count). The van der Waals surface area contributed by atoms with Crippen molar-refractivity contribution in [3.05, 3.63) is 0 Å². The average molecular weight is 131 g/mol. The second-order valence-corrected chi connectivity index (χ2v) is 2.66. The highest BCUT2D eigenvalue weighted by molar-refractivity contribution is 4.67. The highest BCUT2D eigenvalue weighted by Gasteiger charge is 2.11. The zero-order valence-corrected chi connectivity index (χ0v) is 6.02. The van der Waals surface area contributed by atoms with Gasteiger partial charge in [0, 0.05) is 7.47 Å². The van der Waals surface area contributed by atoms with Gasteiger partial charge < -0.3 is 4.84 Å². The van der Waals surface area contributed by atoms with Crippen LogP contribution < -0.4 is 5.48 Å². The fourth-order valence-corrected chi connectivity index (χ4v) is 1.39. The molecule has 1 aliphatic carbocycles. The van der Waals surface area contributed by atoms with Gasteiger partial charge in [0.2, 0.25) is 0 Å². The Kier molecular flexibility index (Phi) is 3.01. The fourth-order valence-electron chi connectivity index (χ4n) is 1.39. The number of rotatable bonds is 2. The summed E-state index contributed by atoms with van der Waals surface area (Å²) in [7, 11) is 1.69. The maximum atomic E-state index is 4.83. The van der Waals surface area contributed by atoms with Gasteiger partial charge in [-0.1, -0.05) is 19.3 Å². The van der Waals surface area contributed by atoms with Gasteiger partial charge in [0.05, 0.1) is 7.11 Å². The summed E-state index contributed by atoms with van der Waals surface area (Å²) in [5.74, 6) is 0. The molecule has 1 fully saturated rings. The summed E-state index contributed by atoms with van der Waals surface area (Å²) in [5.41, 5.74) is 2.98. The molecule has 0 unspecified atom stereocenters. The third kappa shape index (κ3) is 2.33. The predicted octanol–water partition coefficient (Wildman–Crippen LogP) is 1.72. The van der Waals surface area contributed by atoms with E-state index < -0.39 is 0 Å². The normalized spacial score (nSPS) is 22.3. The maximum absolute atomic E-state index is 4.83. The quantitative estimate of drug-likeness (QED) is 0.576. The number of hydroxylamine groups is 1. The van der Waals surface area contributed by atoms with Gasteiger partial charge in [-0.25, -0.2) is 0 Å². The summed E-state index contributed by atoms with van der Waals surface area (Å²) in [6, 6.07) is 0.628. The standard InChI is InChI=1S/C7H15NO.H2/c1-9-8-7-5-3-2-4-6-7;/h7-8H,2-6H2,1H3;1H. The molecule has 2 heteroatoms. The molecule has 1 aliphatic rings. The molecule has 0 aromatic rings. The molecule has 0 aromatic carbocycles. The van der Waals surface area contributed by atoms with Crippen molar-refractivity contribution in [3.63, 3.8) is 0 Å². The van der Waals surface area contributed by atoms with Crippen molar-refractivity contribution in [2.45, 2.75) is 38.1 Å². The van der Waals surface area contributed by atoms with E-state index >= 15 is 0 Å². The van der Waals surface area contributed by atoms with E-state index in [-0.39, 0.29) is 1.43 Å². The van der Waals surface area contributed by atoms with Gasteiger partial charge >= 0.3 is 0 Å². The highest BCUT2D eigenvalue weighted by atomic mass is 16.6. The van der Waals surface area contributed by atoms with E-state index in [1.807, 2.05) is 0 Å². The first kappa shape index (κ1) is 7.03. The molecule has 0 atom stereocenters. The third-order valence-corrected chi connectivity index (χ3v) is 1.89. The lowest BCUT2D eigenvalue weighted by atomic mass is 9.96. The van der Waals surface area contributed by atoms with Crippen LogP contribution in [0.15, 0.2) is 0 Å². The molecule has 2 nitrogen and oxygen atoms in total. The Hall–Kier alpha value is -0.0800. The molecule has 0 bridgehead atoms. The summed E-state index contributed by atoms with van der Waals surface area (Å²) in [4.78, 5) is 4.83. The van der Waals surface area contributed by atoms with Crippen molar-refractivity contribution < 1.29 is 6.26 Å². The second kappa shape index (κ2) is 3.85.